The minimum Gasteiger partial charge on any atom is -0.352 e. The fourth-order valence-corrected chi connectivity index (χ4v) is 5.60. The largest absolute Gasteiger partial charge is 0.352 e. The molecule has 4 unspecified atom stereocenters. The van der Waals surface area contributed by atoms with Crippen molar-refractivity contribution in [3.8, 4) is 0 Å². The number of carbonyl (C=O) groups excluding carboxylic acids is 1. The molecule has 4 rings (SSSR count). The van der Waals surface area contributed by atoms with Gasteiger partial charge in [-0.1, -0.05) is 6.42 Å². The van der Waals surface area contributed by atoms with Crippen molar-refractivity contribution in [3.63, 3.8) is 0 Å². The van der Waals surface area contributed by atoms with Crippen LogP contribution in [0.3, 0.4) is 0 Å². The van der Waals surface area contributed by atoms with Gasteiger partial charge in [0.1, 0.15) is 0 Å². The highest BCUT2D eigenvalue weighted by molar-refractivity contribution is 5.78. The summed E-state index contributed by atoms with van der Waals surface area (Å²) >= 11 is 0. The molecule has 4 heteroatoms. The van der Waals surface area contributed by atoms with Crippen LogP contribution in [0.1, 0.15) is 32.6 Å². The Morgan fingerprint density at radius 2 is 1.95 bits per heavy atom. The maximum Gasteiger partial charge on any atom is 0.234 e. The summed E-state index contributed by atoms with van der Waals surface area (Å²) in [6.07, 6.45) is 5.61. The average molecular weight is 291 g/mol. The van der Waals surface area contributed by atoms with E-state index in [4.69, 9.17) is 0 Å². The van der Waals surface area contributed by atoms with Gasteiger partial charge in [0.05, 0.1) is 6.54 Å². The number of carbonyl (C=O) groups is 1. The van der Waals surface area contributed by atoms with Crippen molar-refractivity contribution in [1.82, 2.24) is 15.5 Å². The second kappa shape index (κ2) is 5.54. The maximum absolute atomic E-state index is 12.3. The van der Waals surface area contributed by atoms with Crippen LogP contribution in [-0.4, -0.2) is 49.6 Å². The normalized spacial score (nSPS) is 43.2. The topological polar surface area (TPSA) is 44.4 Å². The molecule has 0 aromatic rings. The summed E-state index contributed by atoms with van der Waals surface area (Å²) in [6, 6.07) is 0.372. The van der Waals surface area contributed by atoms with Gasteiger partial charge in [-0.25, -0.2) is 0 Å². The summed E-state index contributed by atoms with van der Waals surface area (Å²) in [6.45, 7) is 7.33. The van der Waals surface area contributed by atoms with Crippen molar-refractivity contribution in [2.45, 2.75) is 38.6 Å². The van der Waals surface area contributed by atoms with E-state index >= 15 is 0 Å². The van der Waals surface area contributed by atoms with E-state index in [0.717, 1.165) is 55.8 Å². The Balaban J connectivity index is 1.24. The fourth-order valence-electron chi connectivity index (χ4n) is 5.60. The Hall–Kier alpha value is -0.610. The molecule has 2 N–H and O–H groups in total. The molecule has 2 saturated carbocycles. The lowest BCUT2D eigenvalue weighted by Crippen LogP contribution is -2.44. The summed E-state index contributed by atoms with van der Waals surface area (Å²) in [4.78, 5) is 14.7. The SMILES string of the molecule is CC(NC(=O)CN1C[C@H]2CNC[C@H]2C1)C1CC2CCC1C2. The van der Waals surface area contributed by atoms with E-state index in [0.29, 0.717) is 12.6 Å². The number of likely N-dealkylation sites (tertiary alicyclic amines) is 1. The van der Waals surface area contributed by atoms with Crippen LogP contribution in [0.15, 0.2) is 0 Å². The molecule has 4 fully saturated rings. The molecule has 2 saturated heterocycles. The Morgan fingerprint density at radius 1 is 1.19 bits per heavy atom. The van der Waals surface area contributed by atoms with Crippen LogP contribution in [0, 0.1) is 29.6 Å². The van der Waals surface area contributed by atoms with Gasteiger partial charge in [0, 0.05) is 19.1 Å². The molecule has 6 atom stereocenters. The second-order valence-corrected chi connectivity index (χ2v) is 8.07. The molecule has 4 nitrogen and oxygen atoms in total. The third-order valence-corrected chi connectivity index (χ3v) is 6.66. The molecule has 118 valence electrons. The third kappa shape index (κ3) is 2.72. The van der Waals surface area contributed by atoms with Crippen LogP contribution in [0.2, 0.25) is 0 Å². The van der Waals surface area contributed by atoms with Gasteiger partial charge >= 0.3 is 0 Å². The molecule has 0 aromatic carbocycles. The molecular weight excluding hydrogens is 262 g/mol. The van der Waals surface area contributed by atoms with Crippen LogP contribution in [-0.2, 0) is 4.79 Å². The molecule has 0 spiro atoms. The Bertz CT molecular complexity index is 401. The molecule has 0 aromatic heterocycles. The molecule has 2 aliphatic heterocycles. The number of hydrogen-bond donors (Lipinski definition) is 2. The minimum absolute atomic E-state index is 0.248. The zero-order valence-electron chi connectivity index (χ0n) is 13.2. The molecule has 21 heavy (non-hydrogen) atoms. The number of hydrogen-bond acceptors (Lipinski definition) is 3. The highest BCUT2D eigenvalue weighted by atomic mass is 16.2. The molecule has 0 radical (unpaired) electrons. The zero-order chi connectivity index (χ0) is 14.4. The minimum atomic E-state index is 0.248. The first-order valence-corrected chi connectivity index (χ1v) is 8.91. The lowest BCUT2D eigenvalue weighted by molar-refractivity contribution is -0.123. The first-order chi connectivity index (χ1) is 10.2. The molecule has 2 bridgehead atoms. The Kier molecular flexibility index (Phi) is 3.70. The van der Waals surface area contributed by atoms with Gasteiger partial charge < -0.3 is 10.6 Å². The van der Waals surface area contributed by atoms with E-state index in [9.17, 15) is 4.79 Å². The third-order valence-electron chi connectivity index (χ3n) is 6.66. The number of rotatable bonds is 4. The van der Waals surface area contributed by atoms with Crippen LogP contribution >= 0.6 is 0 Å². The molecule has 4 aliphatic rings. The lowest BCUT2D eigenvalue weighted by atomic mass is 9.84. The molecule has 2 aliphatic carbocycles. The highest BCUT2D eigenvalue weighted by Crippen LogP contribution is 2.49. The monoisotopic (exact) mass is 291 g/mol. The van der Waals surface area contributed by atoms with Crippen LogP contribution in [0.5, 0.6) is 0 Å². The zero-order valence-corrected chi connectivity index (χ0v) is 13.2. The first-order valence-electron chi connectivity index (χ1n) is 8.91. The molecule has 2 heterocycles. The van der Waals surface area contributed by atoms with Gasteiger partial charge in [-0.3, -0.25) is 9.69 Å². The van der Waals surface area contributed by atoms with Gasteiger partial charge in [-0.05, 0) is 68.9 Å². The predicted octanol–water partition coefficient (Wildman–Crippen LogP) is 1.08. The first kappa shape index (κ1) is 14.0. The predicted molar refractivity (Wildman–Crippen MR) is 82.8 cm³/mol. The van der Waals surface area contributed by atoms with E-state index in [-0.39, 0.29) is 5.91 Å². The standard InChI is InChI=1S/C17H29N3O/c1-11(16-5-12-2-3-13(16)4-12)19-17(21)10-20-8-14-6-18-7-15(14)9-20/h11-16,18H,2-10H2,1H3,(H,19,21)/t11?,12?,13?,14-,15+,16?. The van der Waals surface area contributed by atoms with E-state index < -0.39 is 0 Å². The molecule has 1 amide bonds. The maximum atomic E-state index is 12.3. The van der Waals surface area contributed by atoms with Crippen molar-refractivity contribution in [2.24, 2.45) is 29.6 Å². The summed E-state index contributed by atoms with van der Waals surface area (Å²) in [7, 11) is 0. The second-order valence-electron chi connectivity index (χ2n) is 8.07. The fraction of sp³-hybridized carbons (Fsp3) is 0.941. The quantitative estimate of drug-likeness (QED) is 0.814. The van der Waals surface area contributed by atoms with Gasteiger partial charge in [0.15, 0.2) is 0 Å². The number of nitrogens with one attached hydrogen (secondary N) is 2. The van der Waals surface area contributed by atoms with E-state index in [1.54, 1.807) is 0 Å². The van der Waals surface area contributed by atoms with Crippen molar-refractivity contribution >= 4 is 5.91 Å². The van der Waals surface area contributed by atoms with Crippen LogP contribution in [0.25, 0.3) is 0 Å². The van der Waals surface area contributed by atoms with Crippen LogP contribution < -0.4 is 10.6 Å². The van der Waals surface area contributed by atoms with Crippen molar-refractivity contribution in [3.05, 3.63) is 0 Å². The number of nitrogens with zero attached hydrogens (tertiary/aromatic N) is 1. The van der Waals surface area contributed by atoms with Gasteiger partial charge in [0.2, 0.25) is 5.91 Å². The van der Waals surface area contributed by atoms with Crippen LogP contribution in [0.4, 0.5) is 0 Å². The van der Waals surface area contributed by atoms with Crippen molar-refractivity contribution in [2.75, 3.05) is 32.7 Å². The van der Waals surface area contributed by atoms with Gasteiger partial charge in [-0.2, -0.15) is 0 Å². The lowest BCUT2D eigenvalue weighted by Gasteiger charge is -2.29. The Labute approximate surface area is 128 Å². The summed E-state index contributed by atoms with van der Waals surface area (Å²) in [5.74, 6) is 4.40. The van der Waals surface area contributed by atoms with E-state index in [2.05, 4.69) is 22.5 Å². The van der Waals surface area contributed by atoms with Gasteiger partial charge in [-0.15, -0.1) is 0 Å². The molecular formula is C17H29N3O. The van der Waals surface area contributed by atoms with Crippen molar-refractivity contribution < 1.29 is 4.79 Å². The smallest absolute Gasteiger partial charge is 0.234 e. The summed E-state index contributed by atoms with van der Waals surface area (Å²) in [5, 5.41) is 6.76. The number of fused-ring (bicyclic) bond motifs is 3. The van der Waals surface area contributed by atoms with Crippen molar-refractivity contribution in [1.29, 1.82) is 0 Å². The highest BCUT2D eigenvalue weighted by Gasteiger charge is 2.42. The summed E-state index contributed by atoms with van der Waals surface area (Å²) in [5.41, 5.74) is 0. The van der Waals surface area contributed by atoms with Gasteiger partial charge in [0.25, 0.3) is 0 Å². The number of amides is 1. The Morgan fingerprint density at radius 3 is 2.57 bits per heavy atom. The summed E-state index contributed by atoms with van der Waals surface area (Å²) < 4.78 is 0. The van der Waals surface area contributed by atoms with E-state index in [1.165, 1.54) is 25.7 Å². The average Bonchev–Trinajstić information content (AvgIpc) is 3.17. The van der Waals surface area contributed by atoms with E-state index in [1.807, 2.05) is 0 Å².